The molecule has 2 aromatic carbocycles. The standard InChI is InChI=1S/C16H12OS/c1-18-15-10-8-14(9-11-15)16(17)12-7-13-5-3-2-4-6-13/h2-6,8-11H,1H3. The lowest BCUT2D eigenvalue weighted by atomic mass is 10.1. The Hall–Kier alpha value is -1.98. The summed E-state index contributed by atoms with van der Waals surface area (Å²) in [7, 11) is 0. The van der Waals surface area contributed by atoms with Gasteiger partial charge in [0.1, 0.15) is 0 Å². The van der Waals surface area contributed by atoms with Gasteiger partial charge in [-0.2, -0.15) is 0 Å². The van der Waals surface area contributed by atoms with E-state index in [0.29, 0.717) is 5.56 Å². The van der Waals surface area contributed by atoms with E-state index in [0.717, 1.165) is 10.5 Å². The second-order valence-corrected chi connectivity index (χ2v) is 4.55. The fourth-order valence-electron chi connectivity index (χ4n) is 1.46. The summed E-state index contributed by atoms with van der Waals surface area (Å²) >= 11 is 1.65. The molecule has 1 nitrogen and oxygen atoms in total. The predicted molar refractivity (Wildman–Crippen MR) is 75.9 cm³/mol. The van der Waals surface area contributed by atoms with Gasteiger partial charge < -0.3 is 0 Å². The first-order valence-corrected chi connectivity index (χ1v) is 6.77. The molecule has 0 saturated carbocycles. The summed E-state index contributed by atoms with van der Waals surface area (Å²) in [6.07, 6.45) is 2.01. The maximum absolute atomic E-state index is 11.8. The number of rotatable bonds is 2. The van der Waals surface area contributed by atoms with Gasteiger partial charge in [-0.15, -0.1) is 11.8 Å². The van der Waals surface area contributed by atoms with Gasteiger partial charge in [-0.1, -0.05) is 24.1 Å². The van der Waals surface area contributed by atoms with Crippen LogP contribution in [0.5, 0.6) is 0 Å². The van der Waals surface area contributed by atoms with Crippen molar-refractivity contribution in [3.8, 4) is 11.8 Å². The third-order valence-electron chi connectivity index (χ3n) is 2.45. The second kappa shape index (κ2) is 6.09. The van der Waals surface area contributed by atoms with Crippen LogP contribution < -0.4 is 0 Å². The van der Waals surface area contributed by atoms with Crippen LogP contribution in [0.2, 0.25) is 0 Å². The Labute approximate surface area is 111 Å². The van der Waals surface area contributed by atoms with E-state index in [1.165, 1.54) is 0 Å². The van der Waals surface area contributed by atoms with Crippen LogP contribution in [0.25, 0.3) is 0 Å². The van der Waals surface area contributed by atoms with Crippen LogP contribution in [0.3, 0.4) is 0 Å². The predicted octanol–water partition coefficient (Wildman–Crippen LogP) is 3.64. The molecule has 0 bridgehead atoms. The average molecular weight is 252 g/mol. The van der Waals surface area contributed by atoms with Crippen LogP contribution in [0.4, 0.5) is 0 Å². The van der Waals surface area contributed by atoms with Crippen molar-refractivity contribution in [2.75, 3.05) is 6.26 Å². The number of Topliss-reactive ketones (excluding diaryl/α,β-unsaturated/α-hetero) is 1. The van der Waals surface area contributed by atoms with Gasteiger partial charge in [0.25, 0.3) is 0 Å². The number of benzene rings is 2. The number of hydrogen-bond donors (Lipinski definition) is 0. The van der Waals surface area contributed by atoms with Crippen molar-refractivity contribution >= 4 is 17.5 Å². The summed E-state index contributed by atoms with van der Waals surface area (Å²) in [6, 6.07) is 17.0. The lowest BCUT2D eigenvalue weighted by molar-refractivity contribution is 0.105. The number of hydrogen-bond acceptors (Lipinski definition) is 2. The smallest absolute Gasteiger partial charge is 0.236 e. The third-order valence-corrected chi connectivity index (χ3v) is 3.19. The number of carbonyl (C=O) groups is 1. The van der Waals surface area contributed by atoms with E-state index >= 15 is 0 Å². The topological polar surface area (TPSA) is 17.1 Å². The zero-order chi connectivity index (χ0) is 12.8. The highest BCUT2D eigenvalue weighted by molar-refractivity contribution is 7.98. The highest BCUT2D eigenvalue weighted by atomic mass is 32.2. The first kappa shape index (κ1) is 12.5. The Bertz CT molecular complexity index is 588. The van der Waals surface area contributed by atoms with Crippen molar-refractivity contribution in [3.05, 3.63) is 65.7 Å². The molecular weight excluding hydrogens is 240 g/mol. The summed E-state index contributed by atoms with van der Waals surface area (Å²) in [5.41, 5.74) is 1.49. The minimum atomic E-state index is -0.147. The summed E-state index contributed by atoms with van der Waals surface area (Å²) in [5.74, 6) is 5.38. The molecule has 0 aromatic heterocycles. The van der Waals surface area contributed by atoms with E-state index < -0.39 is 0 Å². The van der Waals surface area contributed by atoms with E-state index in [9.17, 15) is 4.79 Å². The van der Waals surface area contributed by atoms with Crippen molar-refractivity contribution in [3.63, 3.8) is 0 Å². The molecule has 0 heterocycles. The van der Waals surface area contributed by atoms with Crippen LogP contribution in [0, 0.1) is 11.8 Å². The first-order chi connectivity index (χ1) is 8.79. The average Bonchev–Trinajstić information content (AvgIpc) is 2.46. The number of ketones is 1. The van der Waals surface area contributed by atoms with Gasteiger partial charge in [0.05, 0.1) is 0 Å². The molecule has 18 heavy (non-hydrogen) atoms. The van der Waals surface area contributed by atoms with Crippen LogP contribution in [0.1, 0.15) is 15.9 Å². The van der Waals surface area contributed by atoms with Gasteiger partial charge in [-0.25, -0.2) is 0 Å². The van der Waals surface area contributed by atoms with Gasteiger partial charge in [0.15, 0.2) is 0 Å². The van der Waals surface area contributed by atoms with Crippen LogP contribution in [-0.4, -0.2) is 12.0 Å². The molecule has 0 fully saturated rings. The summed E-state index contributed by atoms with van der Waals surface area (Å²) in [4.78, 5) is 13.0. The highest BCUT2D eigenvalue weighted by Crippen LogP contribution is 2.14. The van der Waals surface area contributed by atoms with Crippen molar-refractivity contribution < 1.29 is 4.79 Å². The fourth-order valence-corrected chi connectivity index (χ4v) is 1.87. The Balaban J connectivity index is 2.15. The largest absolute Gasteiger partial charge is 0.279 e. The highest BCUT2D eigenvalue weighted by Gasteiger charge is 2.01. The minimum Gasteiger partial charge on any atom is -0.279 e. The molecular formula is C16H12OS. The monoisotopic (exact) mass is 252 g/mol. The maximum Gasteiger partial charge on any atom is 0.236 e. The Morgan fingerprint density at radius 2 is 1.67 bits per heavy atom. The Morgan fingerprint density at radius 1 is 1.00 bits per heavy atom. The van der Waals surface area contributed by atoms with E-state index in [-0.39, 0.29) is 5.78 Å². The molecule has 0 spiro atoms. The summed E-state index contributed by atoms with van der Waals surface area (Å²) in [5, 5.41) is 0. The molecule has 0 unspecified atom stereocenters. The molecule has 2 heteroatoms. The SMILES string of the molecule is CSc1ccc(C(=O)C#Cc2ccccc2)cc1. The van der Waals surface area contributed by atoms with Crippen LogP contribution >= 0.6 is 11.8 Å². The lowest BCUT2D eigenvalue weighted by Gasteiger charge is -1.96. The molecule has 88 valence electrons. The molecule has 0 aliphatic rings. The zero-order valence-electron chi connectivity index (χ0n) is 10.0. The van der Waals surface area contributed by atoms with Crippen molar-refractivity contribution in [1.29, 1.82) is 0 Å². The normalized spacial score (nSPS) is 9.39. The molecule has 0 N–H and O–H groups in total. The minimum absolute atomic E-state index is 0.147. The van der Waals surface area contributed by atoms with Gasteiger partial charge in [0.2, 0.25) is 5.78 Å². The molecule has 2 aromatic rings. The second-order valence-electron chi connectivity index (χ2n) is 3.67. The van der Waals surface area contributed by atoms with E-state index in [4.69, 9.17) is 0 Å². The van der Waals surface area contributed by atoms with Gasteiger partial charge >= 0.3 is 0 Å². The van der Waals surface area contributed by atoms with Crippen molar-refractivity contribution in [2.24, 2.45) is 0 Å². The first-order valence-electron chi connectivity index (χ1n) is 5.55. The summed E-state index contributed by atoms with van der Waals surface area (Å²) in [6.45, 7) is 0. The molecule has 2 rings (SSSR count). The molecule has 0 aliphatic carbocycles. The number of carbonyl (C=O) groups excluding carboxylic acids is 1. The zero-order valence-corrected chi connectivity index (χ0v) is 10.8. The van der Waals surface area contributed by atoms with Crippen LogP contribution in [-0.2, 0) is 0 Å². The lowest BCUT2D eigenvalue weighted by Crippen LogP contribution is -1.94. The maximum atomic E-state index is 11.8. The van der Waals surface area contributed by atoms with E-state index in [2.05, 4.69) is 11.8 Å². The number of thioether (sulfide) groups is 1. The molecule has 0 saturated heterocycles. The summed E-state index contributed by atoms with van der Waals surface area (Å²) < 4.78 is 0. The molecule has 0 aliphatic heterocycles. The quantitative estimate of drug-likeness (QED) is 0.461. The Kier molecular flexibility index (Phi) is 4.22. The van der Waals surface area contributed by atoms with Gasteiger partial charge in [0, 0.05) is 16.0 Å². The molecule has 0 amide bonds. The molecule has 0 radical (unpaired) electrons. The van der Waals surface area contributed by atoms with Crippen molar-refractivity contribution in [1.82, 2.24) is 0 Å². The van der Waals surface area contributed by atoms with Crippen LogP contribution in [0.15, 0.2) is 59.5 Å². The fraction of sp³-hybridized carbons (Fsp3) is 0.0625. The van der Waals surface area contributed by atoms with Gasteiger partial charge in [-0.3, -0.25) is 4.79 Å². The van der Waals surface area contributed by atoms with Gasteiger partial charge in [-0.05, 0) is 48.6 Å². The van der Waals surface area contributed by atoms with E-state index in [1.807, 2.05) is 60.9 Å². The Morgan fingerprint density at radius 3 is 2.28 bits per heavy atom. The molecule has 0 atom stereocenters. The van der Waals surface area contributed by atoms with E-state index in [1.54, 1.807) is 11.8 Å². The van der Waals surface area contributed by atoms with Crippen molar-refractivity contribution in [2.45, 2.75) is 4.90 Å². The third kappa shape index (κ3) is 3.26.